The molecule has 0 bridgehead atoms. The van der Waals surface area contributed by atoms with E-state index in [1.54, 1.807) is 24.3 Å². The molecule has 0 aliphatic heterocycles. The fourth-order valence-electron chi connectivity index (χ4n) is 3.60. The number of hydrogen-bond donors (Lipinski definition) is 2. The molecular weight excluding hydrogens is 457 g/mol. The number of nitrogens with zero attached hydrogens (tertiary/aromatic N) is 4. The Morgan fingerprint density at radius 2 is 1.85 bits per heavy atom. The van der Waals surface area contributed by atoms with Crippen molar-refractivity contribution in [1.82, 2.24) is 24.9 Å². The third-order valence-corrected chi connectivity index (χ3v) is 5.26. The van der Waals surface area contributed by atoms with Gasteiger partial charge >= 0.3 is 6.36 Å². The highest BCUT2D eigenvalue weighted by atomic mass is 35.5. The molecule has 5 aromatic rings. The van der Waals surface area contributed by atoms with E-state index >= 15 is 0 Å². The van der Waals surface area contributed by atoms with Gasteiger partial charge in [0.1, 0.15) is 17.1 Å². The number of H-pyrrole nitrogens is 1. The maximum atomic E-state index is 13.1. The van der Waals surface area contributed by atoms with Crippen LogP contribution >= 0.6 is 11.6 Å². The number of para-hydroxylation sites is 2. The lowest BCUT2D eigenvalue weighted by Crippen LogP contribution is -2.17. The highest BCUT2D eigenvalue weighted by Gasteiger charge is 2.32. The van der Waals surface area contributed by atoms with Gasteiger partial charge in [0, 0.05) is 17.4 Å². The number of ether oxygens (including phenoxy) is 1. The second-order valence-electron chi connectivity index (χ2n) is 7.15. The molecule has 0 aliphatic rings. The highest BCUT2D eigenvalue weighted by molar-refractivity contribution is 6.35. The number of imidazole rings is 1. The van der Waals surface area contributed by atoms with Crippen LogP contribution in [0.5, 0.6) is 5.75 Å². The van der Waals surface area contributed by atoms with Crippen LogP contribution in [0, 0.1) is 0 Å². The van der Waals surface area contributed by atoms with Crippen molar-refractivity contribution in [3.8, 4) is 17.0 Å². The summed E-state index contributed by atoms with van der Waals surface area (Å²) < 4.78 is 43.4. The quantitative estimate of drug-likeness (QED) is 0.370. The first-order valence-corrected chi connectivity index (χ1v) is 10.0. The van der Waals surface area contributed by atoms with E-state index < -0.39 is 6.36 Å². The number of benzene rings is 2. The summed E-state index contributed by atoms with van der Waals surface area (Å²) in [5.74, 6) is 0.172. The molecule has 0 unspecified atom stereocenters. The zero-order valence-corrected chi connectivity index (χ0v) is 17.4. The highest BCUT2D eigenvalue weighted by Crippen LogP contribution is 2.37. The van der Waals surface area contributed by atoms with E-state index in [0.717, 1.165) is 0 Å². The van der Waals surface area contributed by atoms with Crippen LogP contribution in [0.2, 0.25) is 5.02 Å². The van der Waals surface area contributed by atoms with Crippen molar-refractivity contribution >= 4 is 39.5 Å². The molecule has 11 heteroatoms. The molecule has 166 valence electrons. The fraction of sp³-hybridized carbons (Fsp3) is 0.0909. The van der Waals surface area contributed by atoms with Crippen LogP contribution in [-0.4, -0.2) is 31.3 Å². The number of halogens is 4. The zero-order chi connectivity index (χ0) is 23.2. The van der Waals surface area contributed by atoms with Gasteiger partial charge in [0.05, 0.1) is 22.6 Å². The average Bonchev–Trinajstić information content (AvgIpc) is 3.22. The molecule has 33 heavy (non-hydrogen) atoms. The molecule has 3 aromatic heterocycles. The van der Waals surface area contributed by atoms with Crippen molar-refractivity contribution < 1.29 is 17.9 Å². The first kappa shape index (κ1) is 21.0. The van der Waals surface area contributed by atoms with Gasteiger partial charge in [-0.1, -0.05) is 35.9 Å². The summed E-state index contributed by atoms with van der Waals surface area (Å²) in [5, 5.41) is 1.08. The molecule has 0 saturated heterocycles. The van der Waals surface area contributed by atoms with Crippen LogP contribution in [0.15, 0.2) is 54.9 Å². The lowest BCUT2D eigenvalue weighted by molar-refractivity contribution is -0.274. The van der Waals surface area contributed by atoms with Gasteiger partial charge in [0.2, 0.25) is 0 Å². The molecule has 3 N–H and O–H groups in total. The number of anilines is 1. The van der Waals surface area contributed by atoms with Crippen molar-refractivity contribution in [2.24, 2.45) is 0 Å². The second-order valence-corrected chi connectivity index (χ2v) is 7.56. The van der Waals surface area contributed by atoms with Crippen molar-refractivity contribution in [3.63, 3.8) is 0 Å². The second kappa shape index (κ2) is 7.89. The summed E-state index contributed by atoms with van der Waals surface area (Å²) >= 11 is 6.32. The Labute approximate surface area is 189 Å². The van der Waals surface area contributed by atoms with E-state index in [0.29, 0.717) is 38.5 Å². The van der Waals surface area contributed by atoms with E-state index in [1.807, 2.05) is 6.07 Å². The molecule has 5 rings (SSSR count). The number of nitrogen functional groups attached to an aromatic ring is 1. The number of hydrogen-bond acceptors (Lipinski definition) is 6. The maximum Gasteiger partial charge on any atom is 0.573 e. The predicted octanol–water partition coefficient (Wildman–Crippen LogP) is 5.29. The number of aromatic amines is 1. The van der Waals surface area contributed by atoms with E-state index in [4.69, 9.17) is 17.3 Å². The largest absolute Gasteiger partial charge is 0.573 e. The molecule has 0 radical (unpaired) electrons. The smallest absolute Gasteiger partial charge is 0.405 e. The number of fused-ring (bicyclic) bond motifs is 2. The number of nitrogens with two attached hydrogens (primary N) is 1. The first-order chi connectivity index (χ1) is 15.8. The lowest BCUT2D eigenvalue weighted by Gasteiger charge is -2.16. The number of alkyl halides is 3. The zero-order valence-electron chi connectivity index (χ0n) is 16.7. The Hall–Kier alpha value is -3.92. The molecule has 7 nitrogen and oxygen atoms in total. The molecular formula is C22H14ClF3N6O. The van der Waals surface area contributed by atoms with Crippen LogP contribution in [0.3, 0.4) is 0 Å². The minimum Gasteiger partial charge on any atom is -0.405 e. The average molecular weight is 471 g/mol. The summed E-state index contributed by atoms with van der Waals surface area (Å²) in [6, 6.07) is 12.8. The van der Waals surface area contributed by atoms with Gasteiger partial charge in [-0.3, -0.25) is 0 Å². The third-order valence-electron chi connectivity index (χ3n) is 4.95. The molecule has 0 saturated carbocycles. The number of nitrogens with one attached hydrogen (secondary N) is 1. The monoisotopic (exact) mass is 470 g/mol. The summed E-state index contributed by atoms with van der Waals surface area (Å²) in [6.07, 6.45) is -3.28. The number of aromatic nitrogens is 5. The van der Waals surface area contributed by atoms with Gasteiger partial charge in [-0.25, -0.2) is 19.9 Å². The van der Waals surface area contributed by atoms with Crippen LogP contribution in [0.1, 0.15) is 11.4 Å². The Morgan fingerprint density at radius 3 is 2.67 bits per heavy atom. The minimum absolute atomic E-state index is 0.137. The minimum atomic E-state index is -4.87. The molecule has 0 fully saturated rings. The Kier molecular flexibility index (Phi) is 5.01. The van der Waals surface area contributed by atoms with E-state index in [2.05, 4.69) is 29.7 Å². The van der Waals surface area contributed by atoms with Gasteiger partial charge in [0.25, 0.3) is 0 Å². The predicted molar refractivity (Wildman–Crippen MR) is 118 cm³/mol. The van der Waals surface area contributed by atoms with Crippen molar-refractivity contribution in [3.05, 3.63) is 71.3 Å². The molecule has 0 spiro atoms. The van der Waals surface area contributed by atoms with E-state index in [1.165, 1.54) is 24.5 Å². The van der Waals surface area contributed by atoms with Gasteiger partial charge in [-0.05, 0) is 29.8 Å². The van der Waals surface area contributed by atoms with Crippen LogP contribution < -0.4 is 10.5 Å². The number of rotatable bonds is 4. The fourth-order valence-corrected chi connectivity index (χ4v) is 3.83. The van der Waals surface area contributed by atoms with E-state index in [-0.39, 0.29) is 29.2 Å². The SMILES string of the molecule is Nc1nc(Cc2cc3cccc(Cl)c3nc2-c2ccccc2OC(F)(F)F)nc2nc[nH]c12. The van der Waals surface area contributed by atoms with Crippen molar-refractivity contribution in [2.45, 2.75) is 12.8 Å². The molecule has 0 aliphatic carbocycles. The third kappa shape index (κ3) is 4.12. The van der Waals surface area contributed by atoms with Crippen LogP contribution in [0.25, 0.3) is 33.3 Å². The topological polar surface area (TPSA) is 103 Å². The lowest BCUT2D eigenvalue weighted by atomic mass is 10.00. The van der Waals surface area contributed by atoms with Gasteiger partial charge < -0.3 is 15.5 Å². The summed E-state index contributed by atoms with van der Waals surface area (Å²) in [4.78, 5) is 20.3. The standard InChI is InChI=1S/C22H14ClF3N6O/c23-14-6-3-4-11-8-12(9-16-30-20(27)19-21(31-16)29-10-28-19)17(32-18(11)14)13-5-1-2-7-15(13)33-22(24,25)26/h1-8,10H,9H2,(H3,27,28,29,30,31). The molecule has 0 amide bonds. The van der Waals surface area contributed by atoms with Gasteiger partial charge in [-0.2, -0.15) is 0 Å². The number of pyridine rings is 1. The van der Waals surface area contributed by atoms with Crippen molar-refractivity contribution in [2.75, 3.05) is 5.73 Å². The van der Waals surface area contributed by atoms with Crippen LogP contribution in [0.4, 0.5) is 19.0 Å². The Bertz CT molecular complexity index is 1500. The van der Waals surface area contributed by atoms with E-state index in [9.17, 15) is 13.2 Å². The first-order valence-electron chi connectivity index (χ1n) is 9.67. The summed E-state index contributed by atoms with van der Waals surface area (Å²) in [7, 11) is 0. The molecule has 3 heterocycles. The Morgan fingerprint density at radius 1 is 1.03 bits per heavy atom. The summed E-state index contributed by atoms with van der Waals surface area (Å²) in [5.41, 5.74) is 8.33. The normalized spacial score (nSPS) is 11.9. The van der Waals surface area contributed by atoms with Crippen molar-refractivity contribution in [1.29, 1.82) is 0 Å². The maximum absolute atomic E-state index is 13.1. The van der Waals surface area contributed by atoms with Gasteiger partial charge in [0.15, 0.2) is 11.5 Å². The Balaban J connectivity index is 1.71. The van der Waals surface area contributed by atoms with Crippen LogP contribution in [-0.2, 0) is 6.42 Å². The van der Waals surface area contributed by atoms with Gasteiger partial charge in [-0.15, -0.1) is 13.2 Å². The molecule has 0 atom stereocenters. The summed E-state index contributed by atoms with van der Waals surface area (Å²) in [6.45, 7) is 0. The molecule has 2 aromatic carbocycles.